The Bertz CT molecular complexity index is 1110. The van der Waals surface area contributed by atoms with Gasteiger partial charge < -0.3 is 20.1 Å². The van der Waals surface area contributed by atoms with E-state index in [0.717, 1.165) is 40.7 Å². The summed E-state index contributed by atoms with van der Waals surface area (Å²) in [4.78, 5) is 20.1. The van der Waals surface area contributed by atoms with Crippen LogP contribution in [0.2, 0.25) is 0 Å². The van der Waals surface area contributed by atoms with Gasteiger partial charge in [-0.25, -0.2) is 0 Å². The van der Waals surface area contributed by atoms with Gasteiger partial charge in [0, 0.05) is 29.6 Å². The van der Waals surface area contributed by atoms with Gasteiger partial charge in [0.2, 0.25) is 0 Å². The molecule has 1 atom stereocenters. The molecule has 0 fully saturated rings. The summed E-state index contributed by atoms with van der Waals surface area (Å²) >= 11 is 5.77. The van der Waals surface area contributed by atoms with Crippen molar-refractivity contribution in [3.8, 4) is 0 Å². The van der Waals surface area contributed by atoms with Crippen LogP contribution in [0.15, 0.2) is 53.3 Å². The second-order valence-electron chi connectivity index (χ2n) is 8.47. The molecule has 0 aliphatic heterocycles. The fourth-order valence-electron chi connectivity index (χ4n) is 3.71. The molecule has 1 aromatic heterocycles. The summed E-state index contributed by atoms with van der Waals surface area (Å²) in [6.07, 6.45) is 0. The number of rotatable bonds is 7. The SMILES string of the molecule is Cc1cc(C)c2cc(CN(CCN(C)C)C(=S)NC(C)c3ccccc3)c(=O)[nH]c2c1. The Balaban J connectivity index is 1.86. The normalized spacial score (nSPS) is 12.2. The van der Waals surface area contributed by atoms with Crippen LogP contribution >= 0.6 is 12.2 Å². The fraction of sp³-hybridized carbons (Fsp3) is 0.360. The number of hydrogen-bond acceptors (Lipinski definition) is 3. The Hall–Kier alpha value is -2.70. The van der Waals surface area contributed by atoms with Crippen LogP contribution < -0.4 is 10.9 Å². The first kappa shape index (κ1) is 23.0. The number of benzene rings is 2. The molecule has 0 aliphatic rings. The van der Waals surface area contributed by atoms with E-state index in [2.05, 4.69) is 52.1 Å². The van der Waals surface area contributed by atoms with Gasteiger partial charge in [0.15, 0.2) is 5.11 Å². The second kappa shape index (κ2) is 10.1. The molecule has 6 heteroatoms. The highest BCUT2D eigenvalue weighted by molar-refractivity contribution is 7.80. The molecule has 0 spiro atoms. The van der Waals surface area contributed by atoms with Gasteiger partial charge >= 0.3 is 0 Å². The monoisotopic (exact) mass is 436 g/mol. The summed E-state index contributed by atoms with van der Waals surface area (Å²) in [7, 11) is 4.07. The van der Waals surface area contributed by atoms with Crippen molar-refractivity contribution < 1.29 is 0 Å². The van der Waals surface area contributed by atoms with E-state index in [0.29, 0.717) is 11.7 Å². The standard InChI is InChI=1S/C25H32N4OS/c1-17-13-18(2)22-15-21(24(30)27-23(22)14-17)16-29(12-11-28(4)5)25(31)26-19(3)20-9-7-6-8-10-20/h6-10,13-15,19H,11-12,16H2,1-5H3,(H,26,31)(H,27,30). The lowest BCUT2D eigenvalue weighted by Gasteiger charge is -2.29. The zero-order valence-electron chi connectivity index (χ0n) is 19.0. The highest BCUT2D eigenvalue weighted by Crippen LogP contribution is 2.19. The van der Waals surface area contributed by atoms with Crippen molar-refractivity contribution in [2.24, 2.45) is 0 Å². The van der Waals surface area contributed by atoms with E-state index in [-0.39, 0.29) is 11.6 Å². The third-order valence-electron chi connectivity index (χ3n) is 5.49. The summed E-state index contributed by atoms with van der Waals surface area (Å²) < 4.78 is 0. The summed E-state index contributed by atoms with van der Waals surface area (Å²) in [5.41, 5.74) is 5.00. The van der Waals surface area contributed by atoms with Crippen molar-refractivity contribution in [3.63, 3.8) is 0 Å². The smallest absolute Gasteiger partial charge is 0.253 e. The second-order valence-corrected chi connectivity index (χ2v) is 8.86. The minimum absolute atomic E-state index is 0.0636. The van der Waals surface area contributed by atoms with Crippen LogP contribution in [-0.2, 0) is 6.54 Å². The minimum Gasteiger partial charge on any atom is -0.356 e. The van der Waals surface area contributed by atoms with E-state index in [1.165, 1.54) is 5.56 Å². The molecule has 2 N–H and O–H groups in total. The van der Waals surface area contributed by atoms with E-state index in [9.17, 15) is 4.79 Å². The number of aryl methyl sites for hydroxylation is 2. The molecule has 1 unspecified atom stereocenters. The summed E-state index contributed by atoms with van der Waals surface area (Å²) in [5.74, 6) is 0. The Kier molecular flexibility index (Phi) is 7.46. The van der Waals surface area contributed by atoms with E-state index < -0.39 is 0 Å². The molecule has 5 nitrogen and oxygen atoms in total. The van der Waals surface area contributed by atoms with Crippen LogP contribution in [0.4, 0.5) is 0 Å². The van der Waals surface area contributed by atoms with Crippen molar-refractivity contribution in [3.05, 3.63) is 81.1 Å². The van der Waals surface area contributed by atoms with Crippen LogP contribution in [-0.4, -0.2) is 47.1 Å². The Morgan fingerprint density at radius 1 is 1.10 bits per heavy atom. The lowest BCUT2D eigenvalue weighted by Crippen LogP contribution is -2.44. The number of nitrogens with zero attached hydrogens (tertiary/aromatic N) is 2. The quantitative estimate of drug-likeness (QED) is 0.545. The molecule has 1 heterocycles. The number of pyridine rings is 1. The Labute approximate surface area is 190 Å². The van der Waals surface area contributed by atoms with Crippen LogP contribution in [0, 0.1) is 13.8 Å². The van der Waals surface area contributed by atoms with Gasteiger partial charge in [-0.3, -0.25) is 4.79 Å². The first-order valence-electron chi connectivity index (χ1n) is 10.6. The van der Waals surface area contributed by atoms with Gasteiger partial charge in [0.05, 0.1) is 12.6 Å². The van der Waals surface area contributed by atoms with Crippen molar-refractivity contribution in [1.82, 2.24) is 20.1 Å². The molecule has 0 saturated heterocycles. The van der Waals surface area contributed by atoms with Gasteiger partial charge in [-0.15, -0.1) is 0 Å². The highest BCUT2D eigenvalue weighted by atomic mass is 32.1. The number of hydrogen-bond donors (Lipinski definition) is 2. The summed E-state index contributed by atoms with van der Waals surface area (Å²) in [5, 5.41) is 5.17. The predicted octanol–water partition coefficient (Wildman–Crippen LogP) is 4.14. The van der Waals surface area contributed by atoms with E-state index in [1.54, 1.807) is 0 Å². The maximum atomic E-state index is 12.8. The van der Waals surface area contributed by atoms with Gasteiger partial charge in [0.25, 0.3) is 5.56 Å². The maximum absolute atomic E-state index is 12.8. The van der Waals surface area contributed by atoms with Gasteiger partial charge in [0.1, 0.15) is 0 Å². The number of aromatic amines is 1. The van der Waals surface area contributed by atoms with Crippen LogP contribution in [0.3, 0.4) is 0 Å². The lowest BCUT2D eigenvalue weighted by molar-refractivity contribution is 0.320. The van der Waals surface area contributed by atoms with Crippen LogP contribution in [0.25, 0.3) is 10.9 Å². The van der Waals surface area contributed by atoms with E-state index in [4.69, 9.17) is 12.2 Å². The van der Waals surface area contributed by atoms with Gasteiger partial charge in [-0.1, -0.05) is 36.4 Å². The van der Waals surface area contributed by atoms with E-state index in [1.807, 2.05) is 51.4 Å². The molecule has 0 radical (unpaired) electrons. The molecular formula is C25H32N4OS. The Morgan fingerprint density at radius 3 is 2.48 bits per heavy atom. The predicted molar refractivity (Wildman–Crippen MR) is 134 cm³/mol. The van der Waals surface area contributed by atoms with Crippen molar-refractivity contribution in [1.29, 1.82) is 0 Å². The first-order chi connectivity index (χ1) is 14.7. The Morgan fingerprint density at radius 2 is 1.81 bits per heavy atom. The van der Waals surface area contributed by atoms with Crippen LogP contribution in [0.5, 0.6) is 0 Å². The molecule has 0 aliphatic carbocycles. The topological polar surface area (TPSA) is 51.4 Å². The summed E-state index contributed by atoms with van der Waals surface area (Å²) in [6.45, 7) is 8.24. The first-order valence-corrected chi connectivity index (χ1v) is 11.0. The molecular weight excluding hydrogens is 404 g/mol. The molecule has 0 amide bonds. The molecule has 3 aromatic rings. The number of fused-ring (bicyclic) bond motifs is 1. The average molecular weight is 437 g/mol. The number of nitrogens with one attached hydrogen (secondary N) is 2. The minimum atomic E-state index is -0.0636. The average Bonchev–Trinajstić information content (AvgIpc) is 2.71. The molecule has 2 aromatic carbocycles. The molecule has 164 valence electrons. The van der Waals surface area contributed by atoms with Crippen molar-refractivity contribution >= 4 is 28.2 Å². The van der Waals surface area contributed by atoms with Crippen molar-refractivity contribution in [2.45, 2.75) is 33.4 Å². The molecule has 0 bridgehead atoms. The largest absolute Gasteiger partial charge is 0.356 e. The molecule has 3 rings (SSSR count). The number of H-pyrrole nitrogens is 1. The number of aromatic nitrogens is 1. The van der Waals surface area contributed by atoms with Gasteiger partial charge in [-0.2, -0.15) is 0 Å². The zero-order valence-corrected chi connectivity index (χ0v) is 19.8. The lowest BCUT2D eigenvalue weighted by atomic mass is 10.0. The maximum Gasteiger partial charge on any atom is 0.253 e. The fourth-order valence-corrected chi connectivity index (χ4v) is 4.05. The summed E-state index contributed by atoms with van der Waals surface area (Å²) in [6, 6.07) is 16.5. The zero-order chi connectivity index (χ0) is 22.5. The highest BCUT2D eigenvalue weighted by Gasteiger charge is 2.16. The third kappa shape index (κ3) is 5.93. The number of likely N-dealkylation sites (N-methyl/N-ethyl adjacent to an activating group) is 1. The third-order valence-corrected chi connectivity index (χ3v) is 5.87. The number of thiocarbonyl (C=S) groups is 1. The van der Waals surface area contributed by atoms with Crippen LogP contribution in [0.1, 0.15) is 35.2 Å². The van der Waals surface area contributed by atoms with Gasteiger partial charge in [-0.05, 0) is 75.9 Å². The molecule has 31 heavy (non-hydrogen) atoms. The molecule has 0 saturated carbocycles. The van der Waals surface area contributed by atoms with Crippen molar-refractivity contribution in [2.75, 3.05) is 27.2 Å². The van der Waals surface area contributed by atoms with E-state index >= 15 is 0 Å².